The summed E-state index contributed by atoms with van der Waals surface area (Å²) in [4.78, 5) is 1.93. The molecule has 1 heterocycles. The summed E-state index contributed by atoms with van der Waals surface area (Å²) in [6.07, 6.45) is -0.283. The van der Waals surface area contributed by atoms with Gasteiger partial charge in [0.1, 0.15) is 24.3 Å². The number of aliphatic hydroxyl groups is 1. The number of ether oxygens (including phenoxy) is 1. The first kappa shape index (κ1) is 21.7. The van der Waals surface area contributed by atoms with Crippen LogP contribution in [-0.4, -0.2) is 55.2 Å². The van der Waals surface area contributed by atoms with Crippen molar-refractivity contribution in [2.24, 2.45) is 0 Å². The van der Waals surface area contributed by atoms with Crippen molar-refractivity contribution in [3.05, 3.63) is 65.0 Å². The van der Waals surface area contributed by atoms with Crippen molar-refractivity contribution >= 4 is 9.84 Å². The minimum absolute atomic E-state index is 0.0624. The van der Waals surface area contributed by atoms with Gasteiger partial charge < -0.3 is 9.84 Å². The number of halogens is 1. The molecule has 0 aromatic heterocycles. The second kappa shape index (κ2) is 9.24. The van der Waals surface area contributed by atoms with Gasteiger partial charge in [0.2, 0.25) is 0 Å². The Labute approximate surface area is 172 Å². The van der Waals surface area contributed by atoms with Gasteiger partial charge in [-0.2, -0.15) is 0 Å². The summed E-state index contributed by atoms with van der Waals surface area (Å²) in [5, 5.41) is 10.6. The quantitative estimate of drug-likeness (QED) is 0.710. The van der Waals surface area contributed by atoms with E-state index in [0.29, 0.717) is 13.0 Å². The molecule has 5 nitrogen and oxygen atoms in total. The SMILES string of the molecule is Cc1cccc(OCC(O)CN(Cc2cccc(F)c2)C2CCS(=O)(=O)C2)c1C. The molecule has 2 unspecified atom stereocenters. The molecule has 0 aliphatic carbocycles. The molecule has 3 rings (SSSR count). The molecule has 0 amide bonds. The molecular formula is C22H28FNO4S. The zero-order chi connectivity index (χ0) is 21.0. The minimum Gasteiger partial charge on any atom is -0.491 e. The average molecular weight is 422 g/mol. The fourth-order valence-corrected chi connectivity index (χ4v) is 5.43. The third-order valence-corrected chi connectivity index (χ3v) is 7.18. The van der Waals surface area contributed by atoms with Crippen molar-refractivity contribution in [2.45, 2.75) is 39.0 Å². The van der Waals surface area contributed by atoms with Crippen molar-refractivity contribution in [1.29, 1.82) is 0 Å². The van der Waals surface area contributed by atoms with Crippen molar-refractivity contribution < 1.29 is 22.7 Å². The first-order chi connectivity index (χ1) is 13.7. The maximum Gasteiger partial charge on any atom is 0.151 e. The lowest BCUT2D eigenvalue weighted by Crippen LogP contribution is -2.42. The predicted octanol–water partition coefficient (Wildman–Crippen LogP) is 2.87. The molecule has 1 aliphatic rings. The fraction of sp³-hybridized carbons (Fsp3) is 0.455. The molecule has 0 spiro atoms. The van der Waals surface area contributed by atoms with Gasteiger partial charge in [0.05, 0.1) is 11.5 Å². The molecule has 1 fully saturated rings. The Kier molecular flexibility index (Phi) is 6.93. The summed E-state index contributed by atoms with van der Waals surface area (Å²) in [5.41, 5.74) is 2.89. The van der Waals surface area contributed by atoms with Crippen LogP contribution in [-0.2, 0) is 16.4 Å². The highest BCUT2D eigenvalue weighted by atomic mass is 32.2. The Hall–Kier alpha value is -1.96. The van der Waals surface area contributed by atoms with Gasteiger partial charge in [0.25, 0.3) is 0 Å². The third-order valence-electron chi connectivity index (χ3n) is 5.43. The Morgan fingerprint density at radius 2 is 2.00 bits per heavy atom. The van der Waals surface area contributed by atoms with Crippen molar-refractivity contribution in [3.8, 4) is 5.75 Å². The maximum atomic E-state index is 13.6. The van der Waals surface area contributed by atoms with Gasteiger partial charge in [-0.3, -0.25) is 4.90 Å². The van der Waals surface area contributed by atoms with E-state index in [9.17, 15) is 17.9 Å². The summed E-state index contributed by atoms with van der Waals surface area (Å²) in [6, 6.07) is 11.8. The van der Waals surface area contributed by atoms with E-state index >= 15 is 0 Å². The standard InChI is InChI=1S/C22H28FNO4S/c1-16-5-3-8-22(17(16)2)28-14-21(25)13-24(20-9-10-29(26,27)15-20)12-18-6-4-7-19(23)11-18/h3-8,11,20-21,25H,9-10,12-15H2,1-2H3. The summed E-state index contributed by atoms with van der Waals surface area (Å²) in [5.74, 6) is 0.601. The number of aliphatic hydroxyl groups excluding tert-OH is 1. The average Bonchev–Trinajstić information content (AvgIpc) is 3.02. The van der Waals surface area contributed by atoms with Crippen LogP contribution >= 0.6 is 0 Å². The number of hydrogen-bond donors (Lipinski definition) is 1. The van der Waals surface area contributed by atoms with Crippen LogP contribution in [0.15, 0.2) is 42.5 Å². The highest BCUT2D eigenvalue weighted by Crippen LogP contribution is 2.23. The monoisotopic (exact) mass is 421 g/mol. The van der Waals surface area contributed by atoms with Crippen LogP contribution in [0.1, 0.15) is 23.1 Å². The molecule has 2 aromatic carbocycles. The first-order valence-corrected chi connectivity index (χ1v) is 11.6. The normalized spacial score (nSPS) is 19.4. The Morgan fingerprint density at radius 3 is 2.69 bits per heavy atom. The lowest BCUT2D eigenvalue weighted by atomic mass is 10.1. The molecule has 2 aromatic rings. The fourth-order valence-electron chi connectivity index (χ4n) is 3.67. The van der Waals surface area contributed by atoms with E-state index in [2.05, 4.69) is 0 Å². The molecule has 0 bridgehead atoms. The first-order valence-electron chi connectivity index (χ1n) is 9.79. The van der Waals surface area contributed by atoms with E-state index < -0.39 is 15.9 Å². The summed E-state index contributed by atoms with van der Waals surface area (Å²) in [7, 11) is -3.07. The molecule has 2 atom stereocenters. The molecule has 29 heavy (non-hydrogen) atoms. The molecule has 158 valence electrons. The minimum atomic E-state index is -3.07. The van der Waals surface area contributed by atoms with E-state index in [1.165, 1.54) is 12.1 Å². The van der Waals surface area contributed by atoms with Gasteiger partial charge in [-0.25, -0.2) is 12.8 Å². The van der Waals surface area contributed by atoms with Gasteiger partial charge in [-0.15, -0.1) is 0 Å². The molecule has 1 aliphatic heterocycles. The zero-order valence-corrected chi connectivity index (χ0v) is 17.7. The highest BCUT2D eigenvalue weighted by Gasteiger charge is 2.33. The van der Waals surface area contributed by atoms with Gasteiger partial charge in [-0.1, -0.05) is 24.3 Å². The molecule has 0 saturated carbocycles. The second-order valence-electron chi connectivity index (χ2n) is 7.78. The predicted molar refractivity (Wildman–Crippen MR) is 111 cm³/mol. The van der Waals surface area contributed by atoms with Crippen LogP contribution in [0, 0.1) is 19.7 Å². The molecular weight excluding hydrogens is 393 g/mol. The van der Waals surface area contributed by atoms with E-state index in [-0.39, 0.29) is 36.5 Å². The number of sulfone groups is 1. The van der Waals surface area contributed by atoms with Crippen molar-refractivity contribution in [3.63, 3.8) is 0 Å². The van der Waals surface area contributed by atoms with Crippen LogP contribution in [0.25, 0.3) is 0 Å². The summed E-state index contributed by atoms with van der Waals surface area (Å²) in [6.45, 7) is 4.69. The van der Waals surface area contributed by atoms with Crippen molar-refractivity contribution in [2.75, 3.05) is 24.7 Å². The molecule has 1 saturated heterocycles. The third kappa shape index (κ3) is 6.01. The van der Waals surface area contributed by atoms with E-state index in [4.69, 9.17) is 4.74 Å². The smallest absolute Gasteiger partial charge is 0.151 e. The van der Waals surface area contributed by atoms with Crippen LogP contribution in [0.2, 0.25) is 0 Å². The maximum absolute atomic E-state index is 13.6. The second-order valence-corrected chi connectivity index (χ2v) is 10.0. The van der Waals surface area contributed by atoms with E-state index in [1.54, 1.807) is 12.1 Å². The van der Waals surface area contributed by atoms with E-state index in [1.807, 2.05) is 36.9 Å². The van der Waals surface area contributed by atoms with Gasteiger partial charge in [0, 0.05) is 19.1 Å². The van der Waals surface area contributed by atoms with Crippen LogP contribution < -0.4 is 4.74 Å². The zero-order valence-electron chi connectivity index (χ0n) is 16.8. The lowest BCUT2D eigenvalue weighted by Gasteiger charge is -2.30. The van der Waals surface area contributed by atoms with Gasteiger partial charge in [-0.05, 0) is 55.2 Å². The van der Waals surface area contributed by atoms with Gasteiger partial charge in [0.15, 0.2) is 9.84 Å². The largest absolute Gasteiger partial charge is 0.491 e. The topological polar surface area (TPSA) is 66.8 Å². The number of aryl methyl sites for hydroxylation is 1. The molecule has 0 radical (unpaired) electrons. The Morgan fingerprint density at radius 1 is 1.24 bits per heavy atom. The number of nitrogens with zero attached hydrogens (tertiary/aromatic N) is 1. The number of benzene rings is 2. The Bertz CT molecular complexity index is 948. The highest BCUT2D eigenvalue weighted by molar-refractivity contribution is 7.91. The summed E-state index contributed by atoms with van der Waals surface area (Å²) < 4.78 is 43.3. The van der Waals surface area contributed by atoms with E-state index in [0.717, 1.165) is 22.4 Å². The van der Waals surface area contributed by atoms with Gasteiger partial charge >= 0.3 is 0 Å². The number of rotatable bonds is 8. The van der Waals surface area contributed by atoms with Crippen molar-refractivity contribution in [1.82, 2.24) is 4.90 Å². The Balaban J connectivity index is 1.67. The van der Waals surface area contributed by atoms with Crippen LogP contribution in [0.3, 0.4) is 0 Å². The summed E-state index contributed by atoms with van der Waals surface area (Å²) >= 11 is 0. The molecule has 7 heteroatoms. The molecule has 1 N–H and O–H groups in total. The van der Waals surface area contributed by atoms with Crippen LogP contribution in [0.5, 0.6) is 5.75 Å². The number of hydrogen-bond acceptors (Lipinski definition) is 5. The lowest BCUT2D eigenvalue weighted by molar-refractivity contribution is 0.0522. The van der Waals surface area contributed by atoms with Crippen LogP contribution in [0.4, 0.5) is 4.39 Å².